The van der Waals surface area contributed by atoms with Crippen molar-refractivity contribution in [2.75, 3.05) is 0 Å². The number of rotatable bonds is 1. The molecule has 1 aliphatic heterocycles. The fourth-order valence-electron chi connectivity index (χ4n) is 5.11. The van der Waals surface area contributed by atoms with E-state index < -0.39 is 7.12 Å². The molecule has 156 valence electrons. The fraction of sp³-hybridized carbons (Fsp3) is 0.333. The van der Waals surface area contributed by atoms with Gasteiger partial charge in [-0.3, -0.25) is 0 Å². The van der Waals surface area contributed by atoms with Crippen LogP contribution >= 0.6 is 0 Å². The average molecular weight is 410 g/mol. The first-order valence-corrected chi connectivity index (χ1v) is 11.0. The van der Waals surface area contributed by atoms with Crippen molar-refractivity contribution < 1.29 is 13.7 Å². The Morgan fingerprint density at radius 2 is 1.32 bits per heavy atom. The van der Waals surface area contributed by atoms with Gasteiger partial charge in [0, 0.05) is 16.2 Å². The molecule has 0 N–H and O–H groups in total. The summed E-state index contributed by atoms with van der Waals surface area (Å²) in [5, 5.41) is 2.28. The van der Waals surface area contributed by atoms with Gasteiger partial charge in [0.1, 0.15) is 11.2 Å². The van der Waals surface area contributed by atoms with E-state index in [1.165, 1.54) is 22.3 Å². The minimum absolute atomic E-state index is 0.0348. The standard InChI is InChI=1S/C27H27BO3/c1-25(2)21-10-8-7-9-17(21)19-14-20-18-12-11-16(13-23(18)29-24(20)15-22(19)25)28-30-26(3,4)27(5,6)31-28/h7-15H,1-6H3. The number of fused-ring (bicyclic) bond motifs is 6. The highest BCUT2D eigenvalue weighted by Crippen LogP contribution is 2.50. The quantitative estimate of drug-likeness (QED) is 0.351. The van der Waals surface area contributed by atoms with E-state index in [4.69, 9.17) is 13.7 Å². The number of hydrogen-bond acceptors (Lipinski definition) is 3. The van der Waals surface area contributed by atoms with Crippen molar-refractivity contribution in [2.24, 2.45) is 0 Å². The van der Waals surface area contributed by atoms with Gasteiger partial charge < -0.3 is 13.7 Å². The van der Waals surface area contributed by atoms with Gasteiger partial charge in [-0.05, 0) is 73.6 Å². The van der Waals surface area contributed by atoms with Gasteiger partial charge in [-0.2, -0.15) is 0 Å². The Hall–Kier alpha value is -2.56. The molecule has 31 heavy (non-hydrogen) atoms. The maximum Gasteiger partial charge on any atom is 0.494 e. The monoisotopic (exact) mass is 410 g/mol. The second-order valence-electron chi connectivity index (χ2n) is 10.5. The predicted molar refractivity (Wildman–Crippen MR) is 127 cm³/mol. The van der Waals surface area contributed by atoms with Crippen LogP contribution in [-0.4, -0.2) is 18.3 Å². The first-order valence-electron chi connectivity index (χ1n) is 11.0. The van der Waals surface area contributed by atoms with Gasteiger partial charge in [-0.25, -0.2) is 0 Å². The van der Waals surface area contributed by atoms with Crippen LogP contribution in [0.25, 0.3) is 33.1 Å². The summed E-state index contributed by atoms with van der Waals surface area (Å²) in [5.74, 6) is 0. The Morgan fingerprint density at radius 1 is 0.645 bits per heavy atom. The molecule has 0 atom stereocenters. The van der Waals surface area contributed by atoms with Gasteiger partial charge in [0.15, 0.2) is 0 Å². The van der Waals surface area contributed by atoms with Gasteiger partial charge >= 0.3 is 7.12 Å². The van der Waals surface area contributed by atoms with Gasteiger partial charge in [-0.1, -0.05) is 50.2 Å². The normalized spacial score (nSPS) is 20.4. The Balaban J connectivity index is 1.50. The smallest absolute Gasteiger partial charge is 0.456 e. The molecule has 1 fully saturated rings. The molecule has 0 radical (unpaired) electrons. The summed E-state index contributed by atoms with van der Waals surface area (Å²) >= 11 is 0. The first kappa shape index (κ1) is 19.2. The van der Waals surface area contributed by atoms with E-state index in [9.17, 15) is 0 Å². The van der Waals surface area contributed by atoms with Gasteiger partial charge in [0.05, 0.1) is 11.2 Å². The molecule has 6 rings (SSSR count). The highest BCUT2D eigenvalue weighted by atomic mass is 16.7. The van der Waals surface area contributed by atoms with E-state index in [1.807, 2.05) is 0 Å². The summed E-state index contributed by atoms with van der Waals surface area (Å²) in [6.07, 6.45) is 0. The molecule has 1 aromatic heterocycles. The predicted octanol–water partition coefficient (Wildman–Crippen LogP) is 6.19. The third-order valence-corrected chi connectivity index (χ3v) is 7.72. The molecule has 3 nitrogen and oxygen atoms in total. The van der Waals surface area contributed by atoms with Crippen molar-refractivity contribution >= 4 is 34.5 Å². The molecule has 0 bridgehead atoms. The van der Waals surface area contributed by atoms with Crippen LogP contribution in [-0.2, 0) is 14.7 Å². The molecular weight excluding hydrogens is 383 g/mol. The molecule has 2 heterocycles. The SMILES string of the molecule is CC1(C)c2ccccc2-c2cc3c(cc21)oc1cc(B2OC(C)(C)C(C)(C)O2)ccc13. The zero-order valence-electron chi connectivity index (χ0n) is 19.0. The summed E-state index contributed by atoms with van der Waals surface area (Å²) in [7, 11) is -0.390. The molecule has 0 amide bonds. The lowest BCUT2D eigenvalue weighted by Crippen LogP contribution is -2.41. The molecular formula is C27H27BO3. The maximum atomic E-state index is 6.36. The van der Waals surface area contributed by atoms with Crippen molar-refractivity contribution in [3.8, 4) is 11.1 Å². The van der Waals surface area contributed by atoms with E-state index in [2.05, 4.69) is 96.1 Å². The van der Waals surface area contributed by atoms with E-state index >= 15 is 0 Å². The highest BCUT2D eigenvalue weighted by molar-refractivity contribution is 6.62. The fourth-order valence-corrected chi connectivity index (χ4v) is 5.11. The van der Waals surface area contributed by atoms with Crippen LogP contribution in [0.2, 0.25) is 0 Å². The van der Waals surface area contributed by atoms with Gasteiger partial charge in [0.25, 0.3) is 0 Å². The summed E-state index contributed by atoms with van der Waals surface area (Å²) in [6.45, 7) is 12.9. The van der Waals surface area contributed by atoms with Crippen LogP contribution in [0.5, 0.6) is 0 Å². The molecule has 3 aromatic carbocycles. The lowest BCUT2D eigenvalue weighted by molar-refractivity contribution is 0.00578. The lowest BCUT2D eigenvalue weighted by atomic mass is 9.79. The second kappa shape index (κ2) is 5.82. The summed E-state index contributed by atoms with van der Waals surface area (Å²) in [6, 6.07) is 19.6. The third-order valence-electron chi connectivity index (χ3n) is 7.72. The van der Waals surface area contributed by atoms with Crippen LogP contribution < -0.4 is 5.46 Å². The number of hydrogen-bond donors (Lipinski definition) is 0. The zero-order valence-corrected chi connectivity index (χ0v) is 19.0. The summed E-state index contributed by atoms with van der Waals surface area (Å²) in [4.78, 5) is 0. The van der Waals surface area contributed by atoms with E-state index in [1.54, 1.807) is 0 Å². The minimum atomic E-state index is -0.390. The number of benzene rings is 3. The van der Waals surface area contributed by atoms with Crippen molar-refractivity contribution in [1.29, 1.82) is 0 Å². The molecule has 2 aliphatic rings. The number of furan rings is 1. The van der Waals surface area contributed by atoms with E-state index in [0.717, 1.165) is 27.4 Å². The van der Waals surface area contributed by atoms with Crippen molar-refractivity contribution in [2.45, 2.75) is 58.2 Å². The Morgan fingerprint density at radius 3 is 2.06 bits per heavy atom. The average Bonchev–Trinajstić information content (AvgIpc) is 3.26. The molecule has 0 spiro atoms. The van der Waals surface area contributed by atoms with Crippen molar-refractivity contribution in [3.05, 3.63) is 65.7 Å². The van der Waals surface area contributed by atoms with Gasteiger partial charge in [-0.15, -0.1) is 0 Å². The molecule has 0 unspecified atom stereocenters. The largest absolute Gasteiger partial charge is 0.494 e. The van der Waals surface area contributed by atoms with E-state index in [0.29, 0.717) is 0 Å². The van der Waals surface area contributed by atoms with Crippen molar-refractivity contribution in [1.82, 2.24) is 0 Å². The molecule has 0 saturated carbocycles. The Bertz CT molecular complexity index is 1360. The highest BCUT2D eigenvalue weighted by Gasteiger charge is 2.51. The maximum absolute atomic E-state index is 6.36. The molecule has 1 aliphatic carbocycles. The lowest BCUT2D eigenvalue weighted by Gasteiger charge is -2.32. The first-order chi connectivity index (χ1) is 14.6. The molecule has 1 saturated heterocycles. The minimum Gasteiger partial charge on any atom is -0.456 e. The second-order valence-corrected chi connectivity index (χ2v) is 10.5. The van der Waals surface area contributed by atoms with Crippen LogP contribution in [0.4, 0.5) is 0 Å². The van der Waals surface area contributed by atoms with Crippen molar-refractivity contribution in [3.63, 3.8) is 0 Å². The van der Waals surface area contributed by atoms with Crippen LogP contribution in [0.15, 0.2) is 59.0 Å². The Labute approximate surface area is 183 Å². The summed E-state index contributed by atoms with van der Waals surface area (Å²) < 4.78 is 18.8. The molecule has 4 aromatic rings. The third kappa shape index (κ3) is 2.49. The van der Waals surface area contributed by atoms with Crippen LogP contribution in [0.1, 0.15) is 52.7 Å². The van der Waals surface area contributed by atoms with E-state index in [-0.39, 0.29) is 16.6 Å². The van der Waals surface area contributed by atoms with Crippen LogP contribution in [0, 0.1) is 0 Å². The zero-order chi connectivity index (χ0) is 21.8. The topological polar surface area (TPSA) is 31.6 Å². The molecule has 4 heteroatoms. The summed E-state index contributed by atoms with van der Waals surface area (Å²) in [5.41, 5.74) is 7.38. The van der Waals surface area contributed by atoms with Gasteiger partial charge in [0.2, 0.25) is 0 Å². The van der Waals surface area contributed by atoms with Crippen LogP contribution in [0.3, 0.4) is 0 Å². The Kier molecular flexibility index (Phi) is 3.59.